The van der Waals surface area contributed by atoms with Crippen molar-refractivity contribution < 1.29 is 4.79 Å². The third-order valence-electron chi connectivity index (χ3n) is 3.30. The van der Waals surface area contributed by atoms with Gasteiger partial charge in [-0.1, -0.05) is 22.0 Å². The molecule has 2 aromatic rings. The molecule has 4 heteroatoms. The fraction of sp³-hybridized carbons (Fsp3) is 0.267. The van der Waals surface area contributed by atoms with E-state index in [1.54, 1.807) is 11.3 Å². The fourth-order valence-corrected chi connectivity index (χ4v) is 3.91. The SMILES string of the molecule is O=C(Nc1cccc(Br)c1)c1cc2c(s1)CCCC2. The van der Waals surface area contributed by atoms with E-state index in [0.29, 0.717) is 0 Å². The van der Waals surface area contributed by atoms with Gasteiger partial charge in [0.25, 0.3) is 5.91 Å². The van der Waals surface area contributed by atoms with E-state index in [0.717, 1.165) is 27.9 Å². The molecule has 1 aliphatic carbocycles. The molecule has 1 heterocycles. The van der Waals surface area contributed by atoms with E-state index in [4.69, 9.17) is 0 Å². The lowest BCUT2D eigenvalue weighted by Gasteiger charge is -2.08. The van der Waals surface area contributed by atoms with Gasteiger partial charge in [-0.2, -0.15) is 0 Å². The quantitative estimate of drug-likeness (QED) is 0.850. The van der Waals surface area contributed by atoms with Crippen molar-refractivity contribution in [3.05, 3.63) is 50.1 Å². The smallest absolute Gasteiger partial charge is 0.265 e. The van der Waals surface area contributed by atoms with Crippen molar-refractivity contribution in [2.45, 2.75) is 25.7 Å². The topological polar surface area (TPSA) is 29.1 Å². The molecule has 0 saturated carbocycles. The van der Waals surface area contributed by atoms with Crippen molar-refractivity contribution in [1.29, 1.82) is 0 Å². The van der Waals surface area contributed by atoms with Crippen LogP contribution in [0.25, 0.3) is 0 Å². The first-order chi connectivity index (χ1) is 9.22. The maximum absolute atomic E-state index is 12.2. The van der Waals surface area contributed by atoms with Crippen LogP contribution in [0, 0.1) is 0 Å². The molecule has 1 aromatic carbocycles. The second-order valence-corrected chi connectivity index (χ2v) is 6.78. The highest BCUT2D eigenvalue weighted by Gasteiger charge is 2.17. The van der Waals surface area contributed by atoms with Gasteiger partial charge in [0.1, 0.15) is 0 Å². The molecular weight excluding hydrogens is 322 g/mol. The summed E-state index contributed by atoms with van der Waals surface area (Å²) in [6.07, 6.45) is 4.75. The molecule has 0 fully saturated rings. The Hall–Kier alpha value is -1.13. The van der Waals surface area contributed by atoms with Crippen molar-refractivity contribution in [3.63, 3.8) is 0 Å². The molecule has 1 N–H and O–H groups in total. The molecule has 0 spiro atoms. The number of hydrogen-bond acceptors (Lipinski definition) is 2. The van der Waals surface area contributed by atoms with Crippen LogP contribution < -0.4 is 5.32 Å². The zero-order valence-electron chi connectivity index (χ0n) is 10.4. The van der Waals surface area contributed by atoms with E-state index in [1.807, 2.05) is 24.3 Å². The number of benzene rings is 1. The van der Waals surface area contributed by atoms with Crippen LogP contribution in [0.1, 0.15) is 33.0 Å². The molecule has 3 rings (SSSR count). The van der Waals surface area contributed by atoms with Crippen LogP contribution in [0.4, 0.5) is 5.69 Å². The van der Waals surface area contributed by atoms with Crippen molar-refractivity contribution >= 4 is 38.9 Å². The molecule has 19 heavy (non-hydrogen) atoms. The Kier molecular flexibility index (Phi) is 3.71. The Morgan fingerprint density at radius 1 is 1.21 bits per heavy atom. The Labute approximate surface area is 125 Å². The molecule has 0 saturated heterocycles. The van der Waals surface area contributed by atoms with Gasteiger partial charge in [0.2, 0.25) is 0 Å². The molecule has 98 valence electrons. The third kappa shape index (κ3) is 2.90. The average molecular weight is 336 g/mol. The summed E-state index contributed by atoms with van der Waals surface area (Å²) in [4.78, 5) is 14.4. The summed E-state index contributed by atoms with van der Waals surface area (Å²) >= 11 is 5.05. The average Bonchev–Trinajstić information content (AvgIpc) is 2.82. The number of halogens is 1. The number of rotatable bonds is 2. The van der Waals surface area contributed by atoms with E-state index in [2.05, 4.69) is 27.3 Å². The van der Waals surface area contributed by atoms with Crippen LogP contribution in [-0.4, -0.2) is 5.91 Å². The summed E-state index contributed by atoms with van der Waals surface area (Å²) in [5.41, 5.74) is 2.20. The summed E-state index contributed by atoms with van der Waals surface area (Å²) in [6.45, 7) is 0. The first-order valence-electron chi connectivity index (χ1n) is 6.41. The standard InChI is InChI=1S/C15H14BrNOS/c16-11-5-3-6-12(9-11)17-15(18)14-8-10-4-1-2-7-13(10)19-14/h3,5-6,8-9H,1-2,4,7H2,(H,17,18). The van der Waals surface area contributed by atoms with E-state index in [-0.39, 0.29) is 5.91 Å². The summed E-state index contributed by atoms with van der Waals surface area (Å²) in [5.74, 6) is -0.00231. The van der Waals surface area contributed by atoms with Gasteiger partial charge < -0.3 is 5.32 Å². The number of nitrogens with one attached hydrogen (secondary N) is 1. The number of carbonyl (C=O) groups excluding carboxylic acids is 1. The molecule has 1 aromatic heterocycles. The van der Waals surface area contributed by atoms with Crippen LogP contribution >= 0.6 is 27.3 Å². The minimum absolute atomic E-state index is 0.00231. The number of fused-ring (bicyclic) bond motifs is 1. The van der Waals surface area contributed by atoms with E-state index in [1.165, 1.54) is 23.3 Å². The van der Waals surface area contributed by atoms with E-state index < -0.39 is 0 Å². The largest absolute Gasteiger partial charge is 0.321 e. The number of thiophene rings is 1. The van der Waals surface area contributed by atoms with Crippen molar-refractivity contribution in [3.8, 4) is 0 Å². The van der Waals surface area contributed by atoms with Gasteiger partial charge in [0.15, 0.2) is 0 Å². The molecule has 0 radical (unpaired) electrons. The first kappa shape index (κ1) is 12.9. The molecule has 0 bridgehead atoms. The number of aryl methyl sites for hydroxylation is 2. The van der Waals surface area contributed by atoms with Crippen molar-refractivity contribution in [1.82, 2.24) is 0 Å². The predicted molar refractivity (Wildman–Crippen MR) is 83.1 cm³/mol. The molecular formula is C15H14BrNOS. The predicted octanol–water partition coefficient (Wildman–Crippen LogP) is 4.64. The van der Waals surface area contributed by atoms with Crippen molar-refractivity contribution in [2.24, 2.45) is 0 Å². The highest BCUT2D eigenvalue weighted by Crippen LogP contribution is 2.30. The van der Waals surface area contributed by atoms with Crippen LogP contribution in [-0.2, 0) is 12.8 Å². The lowest BCUT2D eigenvalue weighted by molar-refractivity contribution is 0.103. The summed E-state index contributed by atoms with van der Waals surface area (Å²) < 4.78 is 0.968. The second kappa shape index (κ2) is 5.47. The molecule has 1 aliphatic rings. The van der Waals surface area contributed by atoms with Gasteiger partial charge in [-0.15, -0.1) is 11.3 Å². The van der Waals surface area contributed by atoms with Gasteiger partial charge in [-0.25, -0.2) is 0 Å². The van der Waals surface area contributed by atoms with Crippen LogP contribution in [0.5, 0.6) is 0 Å². The lowest BCUT2D eigenvalue weighted by atomic mass is 9.99. The number of anilines is 1. The van der Waals surface area contributed by atoms with Gasteiger partial charge in [-0.05, 0) is 55.5 Å². The van der Waals surface area contributed by atoms with Gasteiger partial charge in [0, 0.05) is 15.0 Å². The molecule has 0 atom stereocenters. The zero-order valence-corrected chi connectivity index (χ0v) is 12.8. The van der Waals surface area contributed by atoms with E-state index >= 15 is 0 Å². The van der Waals surface area contributed by atoms with Crippen LogP contribution in [0.2, 0.25) is 0 Å². The van der Waals surface area contributed by atoms with Gasteiger partial charge in [0.05, 0.1) is 4.88 Å². The zero-order chi connectivity index (χ0) is 13.2. The summed E-state index contributed by atoms with van der Waals surface area (Å²) in [5, 5.41) is 2.95. The van der Waals surface area contributed by atoms with E-state index in [9.17, 15) is 4.79 Å². The minimum atomic E-state index is -0.00231. The maximum Gasteiger partial charge on any atom is 0.265 e. The molecule has 0 unspecified atom stereocenters. The number of amides is 1. The second-order valence-electron chi connectivity index (χ2n) is 4.73. The normalized spacial score (nSPS) is 13.9. The summed E-state index contributed by atoms with van der Waals surface area (Å²) in [6, 6.07) is 9.73. The third-order valence-corrected chi connectivity index (χ3v) is 5.03. The highest BCUT2D eigenvalue weighted by molar-refractivity contribution is 9.10. The summed E-state index contributed by atoms with van der Waals surface area (Å²) in [7, 11) is 0. The Bertz CT molecular complexity index is 597. The van der Waals surface area contributed by atoms with Crippen LogP contribution in [0.15, 0.2) is 34.8 Å². The number of carbonyl (C=O) groups is 1. The Balaban J connectivity index is 1.78. The Morgan fingerprint density at radius 2 is 2.05 bits per heavy atom. The lowest BCUT2D eigenvalue weighted by Crippen LogP contribution is -2.09. The van der Waals surface area contributed by atoms with Gasteiger partial charge >= 0.3 is 0 Å². The first-order valence-corrected chi connectivity index (χ1v) is 8.02. The monoisotopic (exact) mass is 335 g/mol. The fourth-order valence-electron chi connectivity index (χ4n) is 2.36. The highest BCUT2D eigenvalue weighted by atomic mass is 79.9. The van der Waals surface area contributed by atoms with Gasteiger partial charge in [-0.3, -0.25) is 4.79 Å². The Morgan fingerprint density at radius 3 is 2.84 bits per heavy atom. The minimum Gasteiger partial charge on any atom is -0.321 e. The molecule has 2 nitrogen and oxygen atoms in total. The maximum atomic E-state index is 12.2. The molecule has 0 aliphatic heterocycles. The van der Waals surface area contributed by atoms with Crippen LogP contribution in [0.3, 0.4) is 0 Å². The molecule has 1 amide bonds. The number of hydrogen-bond donors (Lipinski definition) is 1. The van der Waals surface area contributed by atoms with Crippen molar-refractivity contribution in [2.75, 3.05) is 5.32 Å².